The van der Waals surface area contributed by atoms with E-state index in [1.807, 2.05) is 13.0 Å². The fourth-order valence-electron chi connectivity index (χ4n) is 3.96. The van der Waals surface area contributed by atoms with E-state index in [1.54, 1.807) is 43.5 Å². The Balaban J connectivity index is 1.55. The van der Waals surface area contributed by atoms with Gasteiger partial charge in [0, 0.05) is 34.3 Å². The fourth-order valence-corrected chi connectivity index (χ4v) is 4.08. The topological polar surface area (TPSA) is 110 Å². The highest BCUT2D eigenvalue weighted by molar-refractivity contribution is 6.30. The smallest absolute Gasteiger partial charge is 0.340 e. The summed E-state index contributed by atoms with van der Waals surface area (Å²) in [5.74, 6) is -1.80. The number of rotatable bonds is 7. The molecule has 0 aliphatic heterocycles. The molecule has 1 atom stereocenters. The van der Waals surface area contributed by atoms with Crippen LogP contribution in [0.25, 0.3) is 21.9 Å². The summed E-state index contributed by atoms with van der Waals surface area (Å²) in [5, 5.41) is 14.2. The lowest BCUT2D eigenvalue weighted by atomic mass is 9.95. The van der Waals surface area contributed by atoms with Crippen LogP contribution in [0.2, 0.25) is 5.02 Å². The van der Waals surface area contributed by atoms with Gasteiger partial charge in [-0.2, -0.15) is 0 Å². The Morgan fingerprint density at radius 1 is 1.09 bits per heavy atom. The summed E-state index contributed by atoms with van der Waals surface area (Å²) in [4.78, 5) is 36.6. The van der Waals surface area contributed by atoms with Gasteiger partial charge in [-0.15, -0.1) is 0 Å². The summed E-state index contributed by atoms with van der Waals surface area (Å²) in [6, 6.07) is 10.4. The van der Waals surface area contributed by atoms with Crippen LogP contribution in [0, 0.1) is 13.8 Å². The molecule has 0 saturated carbocycles. The maximum Gasteiger partial charge on any atom is 0.340 e. The van der Waals surface area contributed by atoms with Crippen LogP contribution < -0.4 is 10.9 Å². The zero-order chi connectivity index (χ0) is 23.7. The lowest BCUT2D eigenvalue weighted by Gasteiger charge is -2.17. The molecule has 170 valence electrons. The van der Waals surface area contributed by atoms with E-state index in [0.717, 1.165) is 21.9 Å². The second-order valence-corrected chi connectivity index (χ2v) is 8.52. The first-order valence-corrected chi connectivity index (χ1v) is 10.8. The Labute approximate surface area is 194 Å². The van der Waals surface area contributed by atoms with Gasteiger partial charge in [0.1, 0.15) is 11.2 Å². The van der Waals surface area contributed by atoms with E-state index < -0.39 is 23.4 Å². The molecule has 0 radical (unpaired) electrons. The van der Waals surface area contributed by atoms with Crippen LogP contribution >= 0.6 is 11.6 Å². The molecular formula is C25H22ClNO6. The molecule has 7 nitrogen and oxygen atoms in total. The molecule has 2 aromatic heterocycles. The Kier molecular flexibility index (Phi) is 6.24. The van der Waals surface area contributed by atoms with Crippen LogP contribution in [-0.2, 0) is 16.0 Å². The highest BCUT2D eigenvalue weighted by Gasteiger charge is 2.20. The number of hydrogen-bond acceptors (Lipinski definition) is 5. The van der Waals surface area contributed by atoms with Crippen LogP contribution in [0.5, 0.6) is 0 Å². The first kappa shape index (κ1) is 22.6. The monoisotopic (exact) mass is 467 g/mol. The Morgan fingerprint density at radius 2 is 1.82 bits per heavy atom. The summed E-state index contributed by atoms with van der Waals surface area (Å²) < 4.78 is 10.9. The van der Waals surface area contributed by atoms with Crippen LogP contribution in [0.3, 0.4) is 0 Å². The van der Waals surface area contributed by atoms with Crippen LogP contribution in [0.4, 0.5) is 0 Å². The van der Waals surface area contributed by atoms with Gasteiger partial charge in [0.15, 0.2) is 0 Å². The fraction of sp³-hybridized carbons (Fsp3) is 0.240. The van der Waals surface area contributed by atoms with Crippen molar-refractivity contribution >= 4 is 45.4 Å². The molecule has 2 heterocycles. The third-order valence-corrected chi connectivity index (χ3v) is 6.07. The van der Waals surface area contributed by atoms with Gasteiger partial charge in [0.05, 0.1) is 24.7 Å². The van der Waals surface area contributed by atoms with Crippen molar-refractivity contribution < 1.29 is 23.5 Å². The summed E-state index contributed by atoms with van der Waals surface area (Å²) >= 11 is 5.92. The number of halogens is 1. The summed E-state index contributed by atoms with van der Waals surface area (Å²) in [6.45, 7) is 3.82. The molecule has 8 heteroatoms. The minimum atomic E-state index is -0.976. The number of furan rings is 1. The molecule has 0 fully saturated rings. The van der Waals surface area contributed by atoms with Gasteiger partial charge in [0.25, 0.3) is 0 Å². The number of hydrogen-bond donors (Lipinski definition) is 2. The van der Waals surface area contributed by atoms with Gasteiger partial charge in [0.2, 0.25) is 5.91 Å². The Bertz CT molecular complexity index is 1420. The van der Waals surface area contributed by atoms with E-state index in [9.17, 15) is 19.5 Å². The molecule has 2 aromatic carbocycles. The highest BCUT2D eigenvalue weighted by atomic mass is 35.5. The summed E-state index contributed by atoms with van der Waals surface area (Å²) in [7, 11) is 0. The third-order valence-electron chi connectivity index (χ3n) is 5.82. The molecule has 0 saturated heterocycles. The molecule has 0 aliphatic rings. The van der Waals surface area contributed by atoms with Crippen LogP contribution in [-0.4, -0.2) is 23.5 Å². The molecule has 4 aromatic rings. The number of nitrogens with one attached hydrogen (secondary N) is 1. The number of carboxylic acids is 1. The molecule has 33 heavy (non-hydrogen) atoms. The molecular weight excluding hydrogens is 446 g/mol. The Morgan fingerprint density at radius 3 is 2.52 bits per heavy atom. The van der Waals surface area contributed by atoms with E-state index in [-0.39, 0.29) is 24.9 Å². The van der Waals surface area contributed by atoms with Gasteiger partial charge in [-0.25, -0.2) is 4.79 Å². The van der Waals surface area contributed by atoms with E-state index in [4.69, 9.17) is 20.4 Å². The second-order valence-electron chi connectivity index (χ2n) is 8.08. The van der Waals surface area contributed by atoms with E-state index in [2.05, 4.69) is 5.32 Å². The molecule has 0 spiro atoms. The number of carbonyl (C=O) groups excluding carboxylic acids is 1. The summed E-state index contributed by atoms with van der Waals surface area (Å²) in [5.41, 5.74) is 3.08. The number of benzene rings is 2. The lowest BCUT2D eigenvalue weighted by Crippen LogP contribution is -2.32. The lowest BCUT2D eigenvalue weighted by molar-refractivity contribution is -0.137. The van der Waals surface area contributed by atoms with Crippen molar-refractivity contribution in [2.75, 3.05) is 6.54 Å². The van der Waals surface area contributed by atoms with Crippen molar-refractivity contribution in [3.05, 3.63) is 80.4 Å². The zero-order valence-electron chi connectivity index (χ0n) is 18.1. The van der Waals surface area contributed by atoms with Crippen molar-refractivity contribution in [3.8, 4) is 0 Å². The van der Waals surface area contributed by atoms with Crippen molar-refractivity contribution in [1.82, 2.24) is 5.32 Å². The standard InChI is InChI=1S/C25H22ClNO6/c1-13-12-32-21-10-22-19(8-18(13)21)14(2)20(25(31)33-22)9-23(28)27-11-16(7-24(29)30)15-3-5-17(26)6-4-15/h3-6,8,10,12,16H,7,9,11H2,1-2H3,(H,27,28)(H,29,30)/t16-/m0/s1. The number of amides is 1. The molecule has 4 rings (SSSR count). The zero-order valence-corrected chi connectivity index (χ0v) is 18.9. The minimum Gasteiger partial charge on any atom is -0.481 e. The first-order valence-electron chi connectivity index (χ1n) is 10.4. The average molecular weight is 468 g/mol. The SMILES string of the molecule is Cc1coc2cc3oc(=O)c(CC(=O)NC[C@H](CC(=O)O)c4ccc(Cl)cc4)c(C)c3cc12. The summed E-state index contributed by atoms with van der Waals surface area (Å²) in [6.07, 6.45) is 1.31. The van der Waals surface area contributed by atoms with Gasteiger partial charge in [-0.05, 0) is 48.7 Å². The molecule has 2 N–H and O–H groups in total. The number of aryl methyl sites for hydroxylation is 2. The van der Waals surface area contributed by atoms with Crippen LogP contribution in [0.15, 0.2) is 56.3 Å². The number of carboxylic acid groups (broad SMARTS) is 1. The Hall–Kier alpha value is -3.58. The van der Waals surface area contributed by atoms with Gasteiger partial charge < -0.3 is 19.3 Å². The molecule has 0 unspecified atom stereocenters. The van der Waals surface area contributed by atoms with Gasteiger partial charge in [-0.3, -0.25) is 9.59 Å². The maximum atomic E-state index is 12.7. The third kappa shape index (κ3) is 4.78. The largest absolute Gasteiger partial charge is 0.481 e. The molecule has 0 bridgehead atoms. The number of aliphatic carboxylic acids is 1. The highest BCUT2D eigenvalue weighted by Crippen LogP contribution is 2.29. The van der Waals surface area contributed by atoms with Crippen molar-refractivity contribution in [2.24, 2.45) is 0 Å². The maximum absolute atomic E-state index is 12.7. The molecule has 0 aliphatic carbocycles. The number of fused-ring (bicyclic) bond motifs is 2. The van der Waals surface area contributed by atoms with E-state index in [1.165, 1.54) is 0 Å². The average Bonchev–Trinajstić information content (AvgIpc) is 3.13. The van der Waals surface area contributed by atoms with Crippen molar-refractivity contribution in [2.45, 2.75) is 32.6 Å². The predicted octanol–water partition coefficient (Wildman–Crippen LogP) is 4.73. The van der Waals surface area contributed by atoms with Crippen molar-refractivity contribution in [1.29, 1.82) is 0 Å². The van der Waals surface area contributed by atoms with Gasteiger partial charge >= 0.3 is 11.6 Å². The quantitative estimate of drug-likeness (QED) is 0.380. The van der Waals surface area contributed by atoms with Crippen molar-refractivity contribution in [3.63, 3.8) is 0 Å². The van der Waals surface area contributed by atoms with Gasteiger partial charge in [-0.1, -0.05) is 23.7 Å². The normalized spacial score (nSPS) is 12.2. The second kappa shape index (κ2) is 9.11. The first-order chi connectivity index (χ1) is 15.7. The predicted molar refractivity (Wildman–Crippen MR) is 125 cm³/mol. The van der Waals surface area contributed by atoms with E-state index >= 15 is 0 Å². The number of carbonyl (C=O) groups is 2. The molecule has 1 amide bonds. The van der Waals surface area contributed by atoms with E-state index in [0.29, 0.717) is 21.8 Å². The van der Waals surface area contributed by atoms with Crippen LogP contribution in [0.1, 0.15) is 34.6 Å². The minimum absolute atomic E-state index is 0.111.